The number of carbonyl (C=O) groups is 2. The molecule has 0 unspecified atom stereocenters. The standard InChI is InChI=1S/C19H22N2O4/c1-11(2)10-21-17(16-9-14(12(3)25-16)19(23)24-4)20-15-8-6-5-7-13(15)18(21)22/h5-9,11,17,20H,10H2,1-4H3/t17-/m0/s1. The topological polar surface area (TPSA) is 71.8 Å². The van der Waals surface area contributed by atoms with Crippen LogP contribution in [0.15, 0.2) is 34.7 Å². The van der Waals surface area contributed by atoms with Crippen molar-refractivity contribution in [2.24, 2.45) is 5.92 Å². The predicted octanol–water partition coefficient (Wildman–Crippen LogP) is 3.60. The number of ether oxygens (including phenoxy) is 1. The molecule has 0 spiro atoms. The van der Waals surface area contributed by atoms with Gasteiger partial charge in [-0.05, 0) is 31.0 Å². The molecule has 1 N–H and O–H groups in total. The van der Waals surface area contributed by atoms with Crippen molar-refractivity contribution in [1.29, 1.82) is 0 Å². The van der Waals surface area contributed by atoms with E-state index in [-0.39, 0.29) is 11.8 Å². The second kappa shape index (κ2) is 6.63. The third kappa shape index (κ3) is 3.12. The second-order valence-corrected chi connectivity index (χ2v) is 6.55. The highest BCUT2D eigenvalue weighted by atomic mass is 16.5. The van der Waals surface area contributed by atoms with Gasteiger partial charge in [0.15, 0.2) is 6.17 Å². The quantitative estimate of drug-likeness (QED) is 0.860. The molecule has 3 rings (SSSR count). The molecule has 0 radical (unpaired) electrons. The molecule has 1 aromatic carbocycles. The first-order chi connectivity index (χ1) is 11.9. The van der Waals surface area contributed by atoms with E-state index in [0.29, 0.717) is 29.2 Å². The molecule has 0 bridgehead atoms. The highest BCUT2D eigenvalue weighted by Gasteiger charge is 2.35. The van der Waals surface area contributed by atoms with Crippen LogP contribution in [0.1, 0.15) is 52.2 Å². The number of hydrogen-bond acceptors (Lipinski definition) is 5. The molecular formula is C19H22N2O4. The number of para-hydroxylation sites is 1. The van der Waals surface area contributed by atoms with Crippen molar-refractivity contribution in [1.82, 2.24) is 4.90 Å². The second-order valence-electron chi connectivity index (χ2n) is 6.55. The smallest absolute Gasteiger partial charge is 0.341 e. The Kier molecular flexibility index (Phi) is 4.53. The molecule has 6 nitrogen and oxygen atoms in total. The number of benzene rings is 1. The van der Waals surface area contributed by atoms with Crippen LogP contribution < -0.4 is 5.32 Å². The number of nitrogens with zero attached hydrogens (tertiary/aromatic N) is 1. The number of aryl methyl sites for hydroxylation is 1. The average molecular weight is 342 g/mol. The summed E-state index contributed by atoms with van der Waals surface area (Å²) in [5, 5.41) is 3.36. The number of nitrogens with one attached hydrogen (secondary N) is 1. The van der Waals surface area contributed by atoms with Crippen LogP contribution in [0, 0.1) is 12.8 Å². The zero-order valence-electron chi connectivity index (χ0n) is 14.8. The fourth-order valence-electron chi connectivity index (χ4n) is 3.05. The summed E-state index contributed by atoms with van der Waals surface area (Å²) >= 11 is 0. The molecule has 2 aromatic rings. The highest BCUT2D eigenvalue weighted by Crippen LogP contribution is 2.35. The van der Waals surface area contributed by atoms with E-state index < -0.39 is 12.1 Å². The van der Waals surface area contributed by atoms with Crippen LogP contribution in [-0.4, -0.2) is 30.4 Å². The van der Waals surface area contributed by atoms with Gasteiger partial charge in [0.2, 0.25) is 0 Å². The number of rotatable bonds is 4. The molecule has 6 heteroatoms. The largest absolute Gasteiger partial charge is 0.465 e. The van der Waals surface area contributed by atoms with E-state index in [9.17, 15) is 9.59 Å². The van der Waals surface area contributed by atoms with E-state index in [2.05, 4.69) is 19.2 Å². The third-order valence-electron chi connectivity index (χ3n) is 4.20. The number of carbonyl (C=O) groups excluding carboxylic acids is 2. The Labute approximate surface area is 146 Å². The van der Waals surface area contributed by atoms with Gasteiger partial charge >= 0.3 is 5.97 Å². The van der Waals surface area contributed by atoms with Gasteiger partial charge in [-0.3, -0.25) is 4.79 Å². The Morgan fingerprint density at radius 3 is 2.76 bits per heavy atom. The van der Waals surface area contributed by atoms with E-state index in [0.717, 1.165) is 5.69 Å². The molecule has 1 aromatic heterocycles. The average Bonchev–Trinajstić information content (AvgIpc) is 2.98. The Balaban J connectivity index is 2.03. The van der Waals surface area contributed by atoms with Crippen LogP contribution in [0.2, 0.25) is 0 Å². The maximum atomic E-state index is 13.0. The van der Waals surface area contributed by atoms with Gasteiger partial charge in [-0.15, -0.1) is 0 Å². The third-order valence-corrected chi connectivity index (χ3v) is 4.20. The van der Waals surface area contributed by atoms with Crippen molar-refractivity contribution in [3.8, 4) is 0 Å². The molecule has 1 aliphatic heterocycles. The minimum atomic E-state index is -0.470. The first-order valence-electron chi connectivity index (χ1n) is 8.27. The van der Waals surface area contributed by atoms with E-state index in [1.54, 1.807) is 17.9 Å². The molecule has 0 saturated heterocycles. The van der Waals surface area contributed by atoms with Crippen molar-refractivity contribution in [3.05, 3.63) is 53.0 Å². The summed E-state index contributed by atoms with van der Waals surface area (Å²) in [7, 11) is 1.33. The number of esters is 1. The van der Waals surface area contributed by atoms with Crippen LogP contribution in [0.25, 0.3) is 0 Å². The normalized spacial score (nSPS) is 16.6. The van der Waals surface area contributed by atoms with E-state index >= 15 is 0 Å². The summed E-state index contributed by atoms with van der Waals surface area (Å²) in [5.41, 5.74) is 1.76. The fraction of sp³-hybridized carbons (Fsp3) is 0.368. The number of fused-ring (bicyclic) bond motifs is 1. The lowest BCUT2D eigenvalue weighted by Gasteiger charge is -2.37. The van der Waals surface area contributed by atoms with Crippen molar-refractivity contribution in [2.75, 3.05) is 19.0 Å². The van der Waals surface area contributed by atoms with Gasteiger partial charge in [0.05, 0.1) is 12.7 Å². The number of hydrogen-bond donors (Lipinski definition) is 1. The molecule has 25 heavy (non-hydrogen) atoms. The van der Waals surface area contributed by atoms with E-state index in [4.69, 9.17) is 9.15 Å². The Morgan fingerprint density at radius 2 is 2.08 bits per heavy atom. The monoisotopic (exact) mass is 342 g/mol. The van der Waals surface area contributed by atoms with E-state index in [1.165, 1.54) is 7.11 Å². The van der Waals surface area contributed by atoms with Crippen molar-refractivity contribution >= 4 is 17.6 Å². The molecule has 132 valence electrons. The Morgan fingerprint density at radius 1 is 1.36 bits per heavy atom. The van der Waals surface area contributed by atoms with Crippen molar-refractivity contribution in [2.45, 2.75) is 26.9 Å². The van der Waals surface area contributed by atoms with Gasteiger partial charge in [-0.2, -0.15) is 0 Å². The minimum absolute atomic E-state index is 0.0540. The van der Waals surface area contributed by atoms with Gasteiger partial charge in [0.25, 0.3) is 5.91 Å². The van der Waals surface area contributed by atoms with Crippen LogP contribution in [0.5, 0.6) is 0 Å². The van der Waals surface area contributed by atoms with Gasteiger partial charge in [-0.25, -0.2) is 4.79 Å². The van der Waals surface area contributed by atoms with Gasteiger partial charge in [0.1, 0.15) is 17.1 Å². The summed E-state index contributed by atoms with van der Waals surface area (Å²) in [4.78, 5) is 26.6. The molecule has 1 aliphatic rings. The van der Waals surface area contributed by atoms with Gasteiger partial charge in [0, 0.05) is 12.2 Å². The van der Waals surface area contributed by atoms with Crippen LogP contribution in [0.4, 0.5) is 5.69 Å². The van der Waals surface area contributed by atoms with Gasteiger partial charge in [-0.1, -0.05) is 26.0 Å². The lowest BCUT2D eigenvalue weighted by molar-refractivity contribution is 0.0597. The molecule has 0 aliphatic carbocycles. The molecular weight excluding hydrogens is 320 g/mol. The van der Waals surface area contributed by atoms with Crippen LogP contribution in [-0.2, 0) is 4.74 Å². The number of anilines is 1. The zero-order valence-corrected chi connectivity index (χ0v) is 14.8. The van der Waals surface area contributed by atoms with Crippen molar-refractivity contribution < 1.29 is 18.7 Å². The first kappa shape index (κ1) is 17.1. The highest BCUT2D eigenvalue weighted by molar-refractivity contribution is 6.01. The summed E-state index contributed by atoms with van der Waals surface area (Å²) in [6, 6.07) is 9.04. The molecule has 0 saturated carbocycles. The zero-order chi connectivity index (χ0) is 18.1. The number of amides is 1. The van der Waals surface area contributed by atoms with Crippen LogP contribution >= 0.6 is 0 Å². The number of methoxy groups -OCH3 is 1. The maximum absolute atomic E-state index is 13.0. The van der Waals surface area contributed by atoms with Crippen molar-refractivity contribution in [3.63, 3.8) is 0 Å². The van der Waals surface area contributed by atoms with Gasteiger partial charge < -0.3 is 19.4 Å². The maximum Gasteiger partial charge on any atom is 0.341 e. The predicted molar refractivity (Wildman–Crippen MR) is 93.5 cm³/mol. The lowest BCUT2D eigenvalue weighted by atomic mass is 10.0. The van der Waals surface area contributed by atoms with Crippen LogP contribution in [0.3, 0.4) is 0 Å². The fourth-order valence-corrected chi connectivity index (χ4v) is 3.05. The molecule has 1 amide bonds. The lowest BCUT2D eigenvalue weighted by Crippen LogP contribution is -2.44. The molecule has 1 atom stereocenters. The SMILES string of the molecule is COC(=O)c1cc([C@H]2Nc3ccccc3C(=O)N2CC(C)C)oc1C. The summed E-state index contributed by atoms with van der Waals surface area (Å²) in [5.74, 6) is 0.766. The first-order valence-corrected chi connectivity index (χ1v) is 8.27. The minimum Gasteiger partial charge on any atom is -0.465 e. The Hall–Kier alpha value is -2.76. The van der Waals surface area contributed by atoms with E-state index in [1.807, 2.05) is 24.3 Å². The molecule has 2 heterocycles. The summed E-state index contributed by atoms with van der Waals surface area (Å²) in [6.45, 7) is 6.38. The summed E-state index contributed by atoms with van der Waals surface area (Å²) in [6.07, 6.45) is -0.470. The summed E-state index contributed by atoms with van der Waals surface area (Å²) < 4.78 is 10.6. The number of furan rings is 1. The Bertz CT molecular complexity index is 810. The molecule has 0 fully saturated rings.